The fourth-order valence-corrected chi connectivity index (χ4v) is 4.20. The molecule has 0 radical (unpaired) electrons. The number of benzene rings is 3. The molecule has 0 saturated carbocycles. The number of likely N-dealkylation sites (tertiary alicyclic amines) is 1. The van der Waals surface area contributed by atoms with Crippen LogP contribution in [0.3, 0.4) is 0 Å². The fraction of sp³-hybridized carbons (Fsp3) is 0.241. The van der Waals surface area contributed by atoms with Crippen LogP contribution in [0.15, 0.2) is 84.4 Å². The van der Waals surface area contributed by atoms with E-state index < -0.39 is 17.7 Å². The molecule has 180 valence electrons. The van der Waals surface area contributed by atoms with Crippen molar-refractivity contribution in [2.45, 2.75) is 32.4 Å². The average molecular weight is 472 g/mol. The van der Waals surface area contributed by atoms with Gasteiger partial charge in [-0.1, -0.05) is 67.9 Å². The second-order valence-corrected chi connectivity index (χ2v) is 8.42. The molecule has 0 aliphatic carbocycles. The lowest BCUT2D eigenvalue weighted by atomic mass is 9.95. The SMILES string of the molecule is CCCCOc1cccc(/C(O)=C2\C(=O)C(=O)N(Cc3ccccc3)C2c2cccc(OC)c2)c1. The van der Waals surface area contributed by atoms with Gasteiger partial charge in [0.2, 0.25) is 0 Å². The van der Waals surface area contributed by atoms with Crippen LogP contribution >= 0.6 is 0 Å². The zero-order valence-electron chi connectivity index (χ0n) is 19.9. The first kappa shape index (κ1) is 24.1. The number of ether oxygens (including phenoxy) is 2. The highest BCUT2D eigenvalue weighted by Gasteiger charge is 2.46. The number of aliphatic hydroxyl groups excluding tert-OH is 1. The number of amides is 1. The molecule has 4 rings (SSSR count). The van der Waals surface area contributed by atoms with E-state index in [1.165, 1.54) is 4.90 Å². The van der Waals surface area contributed by atoms with Crippen LogP contribution in [0.1, 0.15) is 42.5 Å². The first-order valence-electron chi connectivity index (χ1n) is 11.7. The maximum absolute atomic E-state index is 13.3. The zero-order chi connectivity index (χ0) is 24.8. The number of carbonyl (C=O) groups is 2. The molecule has 1 amide bonds. The van der Waals surface area contributed by atoms with Gasteiger partial charge in [-0.15, -0.1) is 0 Å². The highest BCUT2D eigenvalue weighted by molar-refractivity contribution is 6.46. The topological polar surface area (TPSA) is 76.1 Å². The summed E-state index contributed by atoms with van der Waals surface area (Å²) in [6.45, 7) is 2.87. The third-order valence-electron chi connectivity index (χ3n) is 6.02. The van der Waals surface area contributed by atoms with E-state index in [0.29, 0.717) is 29.2 Å². The standard InChI is InChI=1S/C29H29NO5/c1-3-4-16-35-24-15-9-13-22(18-24)27(31)25-26(21-12-8-14-23(17-21)34-2)30(29(33)28(25)32)19-20-10-6-5-7-11-20/h5-15,17-18,26,31H,3-4,16,19H2,1-2H3/b27-25+. The molecule has 1 N–H and O–H groups in total. The Bertz CT molecular complexity index is 1230. The third-order valence-corrected chi connectivity index (χ3v) is 6.02. The van der Waals surface area contributed by atoms with Crippen molar-refractivity contribution in [1.82, 2.24) is 4.90 Å². The molecule has 1 fully saturated rings. The Hall–Kier alpha value is -4.06. The summed E-state index contributed by atoms with van der Waals surface area (Å²) < 4.78 is 11.2. The molecule has 0 bridgehead atoms. The molecule has 0 aromatic heterocycles. The van der Waals surface area contributed by atoms with Gasteiger partial charge in [0.1, 0.15) is 17.3 Å². The van der Waals surface area contributed by atoms with E-state index in [4.69, 9.17) is 9.47 Å². The lowest BCUT2D eigenvalue weighted by Crippen LogP contribution is -2.29. The van der Waals surface area contributed by atoms with E-state index in [1.54, 1.807) is 49.6 Å². The minimum atomic E-state index is -0.769. The number of Topliss-reactive ketones (excluding diaryl/α,β-unsaturated/α-hetero) is 1. The summed E-state index contributed by atoms with van der Waals surface area (Å²) in [4.78, 5) is 28.0. The summed E-state index contributed by atoms with van der Waals surface area (Å²) in [5.74, 6) is -0.409. The van der Waals surface area contributed by atoms with Crippen LogP contribution in [-0.4, -0.2) is 35.4 Å². The normalized spacial score (nSPS) is 17.0. The molecule has 6 nitrogen and oxygen atoms in total. The lowest BCUT2D eigenvalue weighted by Gasteiger charge is -2.25. The largest absolute Gasteiger partial charge is 0.507 e. The van der Waals surface area contributed by atoms with Gasteiger partial charge in [0.05, 0.1) is 25.3 Å². The van der Waals surface area contributed by atoms with Crippen molar-refractivity contribution < 1.29 is 24.2 Å². The molecule has 1 unspecified atom stereocenters. The molecule has 1 saturated heterocycles. The molecule has 1 heterocycles. The number of hydrogen-bond acceptors (Lipinski definition) is 5. The van der Waals surface area contributed by atoms with Gasteiger partial charge < -0.3 is 19.5 Å². The second-order valence-electron chi connectivity index (χ2n) is 8.42. The van der Waals surface area contributed by atoms with Gasteiger partial charge in [0, 0.05) is 12.1 Å². The van der Waals surface area contributed by atoms with Gasteiger partial charge in [-0.05, 0) is 41.8 Å². The van der Waals surface area contributed by atoms with Crippen LogP contribution < -0.4 is 9.47 Å². The van der Waals surface area contributed by atoms with Crippen molar-refractivity contribution in [3.63, 3.8) is 0 Å². The number of methoxy groups -OCH3 is 1. The summed E-state index contributed by atoms with van der Waals surface area (Å²) in [7, 11) is 1.56. The number of ketones is 1. The Balaban J connectivity index is 1.80. The minimum Gasteiger partial charge on any atom is -0.507 e. The highest BCUT2D eigenvalue weighted by Crippen LogP contribution is 2.41. The van der Waals surface area contributed by atoms with Crippen LogP contribution in [-0.2, 0) is 16.1 Å². The van der Waals surface area contributed by atoms with Crippen LogP contribution in [0, 0.1) is 0 Å². The molecule has 3 aromatic carbocycles. The van der Waals surface area contributed by atoms with Gasteiger partial charge in [0.15, 0.2) is 0 Å². The number of rotatable bonds is 9. The van der Waals surface area contributed by atoms with E-state index in [0.717, 1.165) is 18.4 Å². The summed E-state index contributed by atoms with van der Waals surface area (Å²) >= 11 is 0. The molecule has 6 heteroatoms. The van der Waals surface area contributed by atoms with Gasteiger partial charge in [-0.3, -0.25) is 9.59 Å². The van der Waals surface area contributed by atoms with Gasteiger partial charge in [-0.25, -0.2) is 0 Å². The minimum absolute atomic E-state index is 0.0462. The second kappa shape index (κ2) is 10.9. The van der Waals surface area contributed by atoms with Crippen molar-refractivity contribution in [3.8, 4) is 11.5 Å². The van der Waals surface area contributed by atoms with Crippen molar-refractivity contribution in [2.24, 2.45) is 0 Å². The predicted molar refractivity (Wildman–Crippen MR) is 134 cm³/mol. The highest BCUT2D eigenvalue weighted by atomic mass is 16.5. The lowest BCUT2D eigenvalue weighted by molar-refractivity contribution is -0.140. The number of hydrogen-bond donors (Lipinski definition) is 1. The Labute approximate surface area is 205 Å². The van der Waals surface area contributed by atoms with Gasteiger partial charge >= 0.3 is 0 Å². The average Bonchev–Trinajstić information content (AvgIpc) is 3.14. The zero-order valence-corrected chi connectivity index (χ0v) is 19.9. The summed E-state index contributed by atoms with van der Waals surface area (Å²) in [5, 5.41) is 11.3. The van der Waals surface area contributed by atoms with Crippen molar-refractivity contribution in [3.05, 3.63) is 101 Å². The molecular formula is C29H29NO5. The van der Waals surface area contributed by atoms with E-state index in [1.807, 2.05) is 36.4 Å². The number of unbranched alkanes of at least 4 members (excludes halogenated alkanes) is 1. The summed E-state index contributed by atoms with van der Waals surface area (Å²) in [6.07, 6.45) is 1.92. The maximum Gasteiger partial charge on any atom is 0.295 e. The van der Waals surface area contributed by atoms with Crippen LogP contribution in [0.5, 0.6) is 11.5 Å². The van der Waals surface area contributed by atoms with Crippen molar-refractivity contribution in [2.75, 3.05) is 13.7 Å². The summed E-state index contributed by atoms with van der Waals surface area (Å²) in [6, 6.07) is 22.9. The quantitative estimate of drug-likeness (QED) is 0.193. The molecule has 1 atom stereocenters. The predicted octanol–water partition coefficient (Wildman–Crippen LogP) is 5.50. The number of aliphatic hydroxyl groups is 1. The first-order chi connectivity index (χ1) is 17.0. The Morgan fingerprint density at radius 2 is 1.69 bits per heavy atom. The van der Waals surface area contributed by atoms with Crippen LogP contribution in [0.4, 0.5) is 0 Å². The smallest absolute Gasteiger partial charge is 0.295 e. The first-order valence-corrected chi connectivity index (χ1v) is 11.7. The Morgan fingerprint density at radius 3 is 2.43 bits per heavy atom. The fourth-order valence-electron chi connectivity index (χ4n) is 4.20. The molecule has 1 aliphatic rings. The molecule has 0 spiro atoms. The van der Waals surface area contributed by atoms with E-state index in [2.05, 4.69) is 6.92 Å². The molecule has 3 aromatic rings. The van der Waals surface area contributed by atoms with Crippen molar-refractivity contribution >= 4 is 17.4 Å². The van der Waals surface area contributed by atoms with Crippen LogP contribution in [0.25, 0.3) is 5.76 Å². The van der Waals surface area contributed by atoms with E-state index >= 15 is 0 Å². The van der Waals surface area contributed by atoms with Gasteiger partial charge in [0.25, 0.3) is 11.7 Å². The maximum atomic E-state index is 13.3. The van der Waals surface area contributed by atoms with Crippen LogP contribution in [0.2, 0.25) is 0 Å². The molecule has 35 heavy (non-hydrogen) atoms. The van der Waals surface area contributed by atoms with E-state index in [-0.39, 0.29) is 17.9 Å². The number of carbonyl (C=O) groups excluding carboxylic acids is 2. The third kappa shape index (κ3) is 5.22. The number of nitrogens with zero attached hydrogens (tertiary/aromatic N) is 1. The molecular weight excluding hydrogens is 442 g/mol. The van der Waals surface area contributed by atoms with E-state index in [9.17, 15) is 14.7 Å². The van der Waals surface area contributed by atoms with Crippen molar-refractivity contribution in [1.29, 1.82) is 0 Å². The Morgan fingerprint density at radius 1 is 0.943 bits per heavy atom. The summed E-state index contributed by atoms with van der Waals surface area (Å²) in [5.41, 5.74) is 2.03. The van der Waals surface area contributed by atoms with Gasteiger partial charge in [-0.2, -0.15) is 0 Å². The molecule has 1 aliphatic heterocycles. The Kier molecular flexibility index (Phi) is 7.51. The monoisotopic (exact) mass is 471 g/mol.